The Morgan fingerprint density at radius 1 is 1.00 bits per heavy atom. The van der Waals surface area contributed by atoms with Crippen molar-refractivity contribution in [2.75, 3.05) is 13.4 Å². The fraction of sp³-hybridized carbons (Fsp3) is 0.333. The Morgan fingerprint density at radius 3 is 2.45 bits per heavy atom. The maximum atomic E-state index is 13.7. The van der Waals surface area contributed by atoms with Gasteiger partial charge < -0.3 is 19.1 Å². The number of amides is 1. The van der Waals surface area contributed by atoms with Crippen LogP contribution in [0.2, 0.25) is 0 Å². The van der Waals surface area contributed by atoms with Gasteiger partial charge in [-0.05, 0) is 48.7 Å². The van der Waals surface area contributed by atoms with E-state index in [9.17, 15) is 4.79 Å². The highest BCUT2D eigenvalue weighted by Crippen LogP contribution is 2.33. The largest absolute Gasteiger partial charge is 0.493 e. The standard InChI is InChI=1S/C24H25N3O4/c1-15-23(16(2)26(3)25-15)24(28)27(12-17-4-6-20-19(10-17)8-9-29-20)13-18-5-7-21-22(11-18)31-14-30-21/h4-7,10-11H,8-9,12-14H2,1-3H3. The van der Waals surface area contributed by atoms with E-state index in [4.69, 9.17) is 14.2 Å². The molecule has 0 fully saturated rings. The van der Waals surface area contributed by atoms with Gasteiger partial charge in [0.2, 0.25) is 6.79 Å². The Morgan fingerprint density at radius 2 is 1.71 bits per heavy atom. The molecule has 0 radical (unpaired) electrons. The fourth-order valence-electron chi connectivity index (χ4n) is 4.26. The molecular formula is C24H25N3O4. The highest BCUT2D eigenvalue weighted by Gasteiger charge is 2.25. The SMILES string of the molecule is Cc1nn(C)c(C)c1C(=O)N(Cc1ccc2c(c1)CCO2)Cc1ccc2c(c1)OCO2. The van der Waals surface area contributed by atoms with Crippen LogP contribution in [0.1, 0.15) is 38.4 Å². The maximum Gasteiger partial charge on any atom is 0.258 e. The van der Waals surface area contributed by atoms with Crippen LogP contribution >= 0.6 is 0 Å². The van der Waals surface area contributed by atoms with Crippen molar-refractivity contribution in [3.63, 3.8) is 0 Å². The van der Waals surface area contributed by atoms with E-state index in [1.165, 1.54) is 5.56 Å². The molecule has 7 nitrogen and oxygen atoms in total. The molecule has 3 aromatic rings. The van der Waals surface area contributed by atoms with Gasteiger partial charge in [-0.3, -0.25) is 9.48 Å². The molecule has 31 heavy (non-hydrogen) atoms. The quantitative estimate of drug-likeness (QED) is 0.633. The summed E-state index contributed by atoms with van der Waals surface area (Å²) in [5.41, 5.74) is 5.52. The monoisotopic (exact) mass is 419 g/mol. The maximum absolute atomic E-state index is 13.7. The average molecular weight is 419 g/mol. The summed E-state index contributed by atoms with van der Waals surface area (Å²) in [7, 11) is 1.86. The minimum Gasteiger partial charge on any atom is -0.493 e. The second-order valence-corrected chi connectivity index (χ2v) is 8.06. The van der Waals surface area contributed by atoms with E-state index >= 15 is 0 Å². The molecule has 0 atom stereocenters. The van der Waals surface area contributed by atoms with E-state index in [2.05, 4.69) is 11.2 Å². The first-order valence-electron chi connectivity index (χ1n) is 10.4. The van der Waals surface area contributed by atoms with Crippen LogP contribution in [-0.2, 0) is 26.6 Å². The van der Waals surface area contributed by atoms with Crippen molar-refractivity contribution in [2.24, 2.45) is 7.05 Å². The minimum absolute atomic E-state index is 0.0301. The first-order valence-corrected chi connectivity index (χ1v) is 10.4. The van der Waals surface area contributed by atoms with E-state index in [0.29, 0.717) is 31.0 Å². The van der Waals surface area contributed by atoms with Gasteiger partial charge in [-0.15, -0.1) is 0 Å². The second kappa shape index (κ2) is 7.65. The number of fused-ring (bicyclic) bond motifs is 2. The number of carbonyl (C=O) groups excluding carboxylic acids is 1. The van der Waals surface area contributed by atoms with Crippen molar-refractivity contribution in [1.29, 1.82) is 0 Å². The summed E-state index contributed by atoms with van der Waals surface area (Å²) < 4.78 is 18.3. The summed E-state index contributed by atoms with van der Waals surface area (Å²) in [6, 6.07) is 12.0. The number of aryl methyl sites for hydroxylation is 2. The lowest BCUT2D eigenvalue weighted by molar-refractivity contribution is 0.0728. The van der Waals surface area contributed by atoms with Crippen LogP contribution < -0.4 is 14.2 Å². The molecule has 2 aliphatic heterocycles. The van der Waals surface area contributed by atoms with Crippen LogP contribution in [0, 0.1) is 13.8 Å². The fourth-order valence-corrected chi connectivity index (χ4v) is 4.26. The number of rotatable bonds is 5. The number of benzene rings is 2. The Bertz CT molecular complexity index is 1110. The van der Waals surface area contributed by atoms with Gasteiger partial charge in [0.1, 0.15) is 5.75 Å². The minimum atomic E-state index is -0.0301. The highest BCUT2D eigenvalue weighted by atomic mass is 16.7. The molecule has 0 N–H and O–H groups in total. The van der Waals surface area contributed by atoms with Gasteiger partial charge in [0.15, 0.2) is 11.5 Å². The lowest BCUT2D eigenvalue weighted by Crippen LogP contribution is -2.31. The van der Waals surface area contributed by atoms with E-state index < -0.39 is 0 Å². The van der Waals surface area contributed by atoms with Gasteiger partial charge >= 0.3 is 0 Å². The predicted octanol–water partition coefficient (Wildman–Crippen LogP) is 3.54. The molecule has 160 valence electrons. The summed E-state index contributed by atoms with van der Waals surface area (Å²) in [4.78, 5) is 15.5. The van der Waals surface area contributed by atoms with Crippen LogP contribution in [0.3, 0.4) is 0 Å². The topological polar surface area (TPSA) is 65.8 Å². The van der Waals surface area contributed by atoms with Crippen LogP contribution in [0.25, 0.3) is 0 Å². The number of aromatic nitrogens is 2. The lowest BCUT2D eigenvalue weighted by atomic mass is 10.1. The van der Waals surface area contributed by atoms with Gasteiger partial charge in [-0.25, -0.2) is 0 Å². The van der Waals surface area contributed by atoms with E-state index in [0.717, 1.165) is 40.4 Å². The number of carbonyl (C=O) groups is 1. The van der Waals surface area contributed by atoms with Crippen molar-refractivity contribution in [3.05, 3.63) is 70.0 Å². The van der Waals surface area contributed by atoms with Crippen LogP contribution in [0.4, 0.5) is 0 Å². The lowest BCUT2D eigenvalue weighted by Gasteiger charge is -2.24. The van der Waals surface area contributed by atoms with E-state index in [1.54, 1.807) is 4.68 Å². The number of hydrogen-bond donors (Lipinski definition) is 0. The number of nitrogens with zero attached hydrogens (tertiary/aromatic N) is 3. The third-order valence-corrected chi connectivity index (χ3v) is 5.95. The molecule has 5 rings (SSSR count). The van der Waals surface area contributed by atoms with Gasteiger partial charge in [-0.1, -0.05) is 18.2 Å². The first kappa shape index (κ1) is 19.5. The summed E-state index contributed by atoms with van der Waals surface area (Å²) in [6.07, 6.45) is 0.903. The molecule has 0 saturated heterocycles. The molecule has 0 aliphatic carbocycles. The molecule has 7 heteroatoms. The smallest absolute Gasteiger partial charge is 0.258 e. The zero-order valence-corrected chi connectivity index (χ0v) is 18.0. The molecule has 0 bridgehead atoms. The molecular weight excluding hydrogens is 394 g/mol. The highest BCUT2D eigenvalue weighted by molar-refractivity contribution is 5.96. The Kier molecular flexibility index (Phi) is 4.81. The normalized spacial score (nSPS) is 13.8. The Hall–Kier alpha value is -3.48. The zero-order chi connectivity index (χ0) is 21.5. The van der Waals surface area contributed by atoms with Gasteiger partial charge in [-0.2, -0.15) is 5.10 Å². The summed E-state index contributed by atoms with van der Waals surface area (Å²) in [5, 5.41) is 4.44. The molecule has 2 aromatic carbocycles. The number of ether oxygens (including phenoxy) is 3. The van der Waals surface area contributed by atoms with E-state index in [1.807, 2.05) is 56.1 Å². The van der Waals surface area contributed by atoms with Gasteiger partial charge in [0, 0.05) is 32.3 Å². The second-order valence-electron chi connectivity index (χ2n) is 8.06. The number of hydrogen-bond acceptors (Lipinski definition) is 5. The Balaban J connectivity index is 1.47. The van der Waals surface area contributed by atoms with Crippen molar-refractivity contribution < 1.29 is 19.0 Å². The molecule has 0 saturated carbocycles. The van der Waals surface area contributed by atoms with Crippen molar-refractivity contribution in [3.8, 4) is 17.2 Å². The van der Waals surface area contributed by atoms with Crippen LogP contribution in [-0.4, -0.2) is 34.0 Å². The molecule has 1 amide bonds. The van der Waals surface area contributed by atoms with E-state index in [-0.39, 0.29) is 12.7 Å². The molecule has 1 aromatic heterocycles. The molecule has 0 unspecified atom stereocenters. The third-order valence-electron chi connectivity index (χ3n) is 5.95. The molecule has 0 spiro atoms. The van der Waals surface area contributed by atoms with Crippen LogP contribution in [0.15, 0.2) is 36.4 Å². The van der Waals surface area contributed by atoms with Gasteiger partial charge in [0.05, 0.1) is 17.9 Å². The van der Waals surface area contributed by atoms with Crippen molar-refractivity contribution in [1.82, 2.24) is 14.7 Å². The first-order chi connectivity index (χ1) is 15.0. The van der Waals surface area contributed by atoms with Crippen LogP contribution in [0.5, 0.6) is 17.2 Å². The summed E-state index contributed by atoms with van der Waals surface area (Å²) in [5.74, 6) is 2.36. The van der Waals surface area contributed by atoms with Crippen molar-refractivity contribution in [2.45, 2.75) is 33.4 Å². The average Bonchev–Trinajstić information content (AvgIpc) is 3.46. The zero-order valence-electron chi connectivity index (χ0n) is 18.0. The Labute approximate surface area is 181 Å². The van der Waals surface area contributed by atoms with Gasteiger partial charge in [0.25, 0.3) is 5.91 Å². The summed E-state index contributed by atoms with van der Waals surface area (Å²) >= 11 is 0. The third kappa shape index (κ3) is 3.60. The summed E-state index contributed by atoms with van der Waals surface area (Å²) in [6.45, 7) is 5.70. The van der Waals surface area contributed by atoms with Crippen molar-refractivity contribution >= 4 is 5.91 Å². The molecule has 2 aliphatic rings. The predicted molar refractivity (Wildman–Crippen MR) is 114 cm³/mol. The molecule has 3 heterocycles.